The number of rotatable bonds is 2. The van der Waals surface area contributed by atoms with Gasteiger partial charge in [0.25, 0.3) is 0 Å². The highest BCUT2D eigenvalue weighted by molar-refractivity contribution is 4.85. The van der Waals surface area contributed by atoms with E-state index in [4.69, 9.17) is 29.5 Å². The van der Waals surface area contributed by atoms with E-state index in [9.17, 15) is 0 Å². The van der Waals surface area contributed by atoms with Gasteiger partial charge in [0.05, 0.1) is 51.4 Å². The summed E-state index contributed by atoms with van der Waals surface area (Å²) in [6, 6.07) is 4.10. The van der Waals surface area contributed by atoms with Gasteiger partial charge in [0, 0.05) is 5.41 Å². The molecule has 0 saturated carbocycles. The van der Waals surface area contributed by atoms with Gasteiger partial charge in [-0.2, -0.15) is 10.5 Å². The minimum absolute atomic E-state index is 0.131. The third-order valence-electron chi connectivity index (χ3n) is 3.54. The number of ether oxygens (including phenoxy) is 4. The smallest absolute Gasteiger partial charge is 0.170 e. The first kappa shape index (κ1) is 14.2. The first-order chi connectivity index (χ1) is 9.28. The van der Waals surface area contributed by atoms with Crippen LogP contribution in [0.15, 0.2) is 0 Å². The molecule has 2 saturated heterocycles. The Morgan fingerprint density at radius 3 is 1.74 bits per heavy atom. The van der Waals surface area contributed by atoms with Crippen LogP contribution in [0.5, 0.6) is 0 Å². The molecule has 2 atom stereocenters. The van der Waals surface area contributed by atoms with Crippen LogP contribution in [0, 0.1) is 28.1 Å². The third-order valence-corrected chi connectivity index (χ3v) is 3.54. The summed E-state index contributed by atoms with van der Waals surface area (Å²) in [4.78, 5) is 0. The molecule has 0 aliphatic carbocycles. The lowest BCUT2D eigenvalue weighted by atomic mass is 9.83. The molecule has 0 aromatic heterocycles. The van der Waals surface area contributed by atoms with Gasteiger partial charge in [-0.3, -0.25) is 0 Å². The molecular formula is C13H18N2O4. The highest BCUT2D eigenvalue weighted by Crippen LogP contribution is 2.34. The standard InChI is InChI=1S/C13H18N2O4/c14-5-1-11-16-7-3-13(9-18-11)4-8-17-12(2-6-15)19-10-13/h11-12H,1-4,7-10H2. The van der Waals surface area contributed by atoms with Gasteiger partial charge in [-0.25, -0.2) is 0 Å². The largest absolute Gasteiger partial charge is 0.352 e. The maximum absolute atomic E-state index is 8.67. The molecule has 0 amide bonds. The van der Waals surface area contributed by atoms with Crippen LogP contribution in [-0.4, -0.2) is 39.0 Å². The van der Waals surface area contributed by atoms with Gasteiger partial charge in [-0.1, -0.05) is 0 Å². The molecule has 0 aromatic rings. The second-order valence-corrected chi connectivity index (χ2v) is 4.95. The van der Waals surface area contributed by atoms with E-state index in [2.05, 4.69) is 12.1 Å². The molecule has 2 heterocycles. The van der Waals surface area contributed by atoms with Crippen molar-refractivity contribution in [1.29, 1.82) is 10.5 Å². The Morgan fingerprint density at radius 2 is 1.32 bits per heavy atom. The molecule has 6 nitrogen and oxygen atoms in total. The maximum Gasteiger partial charge on any atom is 0.170 e. The molecule has 0 radical (unpaired) electrons. The highest BCUT2D eigenvalue weighted by Gasteiger charge is 2.37. The fourth-order valence-electron chi connectivity index (χ4n) is 2.29. The summed E-state index contributed by atoms with van der Waals surface area (Å²) >= 11 is 0. The van der Waals surface area contributed by atoms with Crippen LogP contribution in [0.1, 0.15) is 25.7 Å². The second kappa shape index (κ2) is 6.83. The maximum atomic E-state index is 8.67. The minimum Gasteiger partial charge on any atom is -0.352 e. The van der Waals surface area contributed by atoms with Gasteiger partial charge < -0.3 is 18.9 Å². The fourth-order valence-corrected chi connectivity index (χ4v) is 2.29. The molecule has 19 heavy (non-hydrogen) atoms. The average Bonchev–Trinajstić information content (AvgIpc) is 2.72. The monoisotopic (exact) mass is 266 g/mol. The van der Waals surface area contributed by atoms with Crippen molar-refractivity contribution in [3.8, 4) is 12.1 Å². The van der Waals surface area contributed by atoms with Crippen molar-refractivity contribution in [1.82, 2.24) is 0 Å². The fraction of sp³-hybridized carbons (Fsp3) is 0.846. The first-order valence-electron chi connectivity index (χ1n) is 6.48. The lowest BCUT2D eigenvalue weighted by Gasteiger charge is -2.28. The van der Waals surface area contributed by atoms with E-state index < -0.39 is 12.6 Å². The van der Waals surface area contributed by atoms with Crippen molar-refractivity contribution in [3.05, 3.63) is 0 Å². The van der Waals surface area contributed by atoms with Gasteiger partial charge in [-0.05, 0) is 12.8 Å². The van der Waals surface area contributed by atoms with Crippen LogP contribution < -0.4 is 0 Å². The molecule has 2 aliphatic heterocycles. The minimum atomic E-state index is -0.441. The predicted octanol–water partition coefficient (Wildman–Crippen LogP) is 1.33. The lowest BCUT2D eigenvalue weighted by Crippen LogP contribution is -2.32. The molecule has 104 valence electrons. The summed E-state index contributed by atoms with van der Waals surface area (Å²) < 4.78 is 22.3. The van der Waals surface area contributed by atoms with Crippen molar-refractivity contribution in [2.75, 3.05) is 26.4 Å². The normalized spacial score (nSPS) is 35.9. The van der Waals surface area contributed by atoms with Gasteiger partial charge >= 0.3 is 0 Å². The topological polar surface area (TPSA) is 84.5 Å². The molecule has 2 aliphatic rings. The van der Waals surface area contributed by atoms with Crippen LogP contribution in [0.25, 0.3) is 0 Å². The summed E-state index contributed by atoms with van der Waals surface area (Å²) in [6.45, 7) is 2.11. The van der Waals surface area contributed by atoms with Crippen LogP contribution in [0.2, 0.25) is 0 Å². The van der Waals surface area contributed by atoms with Crippen molar-refractivity contribution < 1.29 is 18.9 Å². The first-order valence-corrected chi connectivity index (χ1v) is 6.48. The molecule has 1 spiro atoms. The Labute approximate surface area is 112 Å². The zero-order valence-corrected chi connectivity index (χ0v) is 10.8. The number of hydrogen-bond donors (Lipinski definition) is 0. The molecule has 2 unspecified atom stereocenters. The van der Waals surface area contributed by atoms with Crippen LogP contribution in [0.3, 0.4) is 0 Å². The van der Waals surface area contributed by atoms with E-state index >= 15 is 0 Å². The average molecular weight is 266 g/mol. The third kappa shape index (κ3) is 3.89. The Bertz CT molecular complexity index is 338. The zero-order chi connectivity index (χ0) is 13.6. The van der Waals surface area contributed by atoms with Gasteiger partial charge in [0.1, 0.15) is 0 Å². The summed E-state index contributed by atoms with van der Waals surface area (Å²) in [7, 11) is 0. The highest BCUT2D eigenvalue weighted by atomic mass is 16.7. The lowest BCUT2D eigenvalue weighted by molar-refractivity contribution is -0.144. The Kier molecular flexibility index (Phi) is 5.12. The quantitative estimate of drug-likeness (QED) is 0.749. The zero-order valence-electron chi connectivity index (χ0n) is 10.8. The molecule has 6 heteroatoms. The second-order valence-electron chi connectivity index (χ2n) is 4.95. The number of hydrogen-bond acceptors (Lipinski definition) is 6. The summed E-state index contributed by atoms with van der Waals surface area (Å²) in [5.74, 6) is 0. The Balaban J connectivity index is 1.92. The summed E-state index contributed by atoms with van der Waals surface area (Å²) in [5.41, 5.74) is -0.131. The molecule has 2 fully saturated rings. The van der Waals surface area contributed by atoms with Crippen molar-refractivity contribution >= 4 is 0 Å². The summed E-state index contributed by atoms with van der Waals surface area (Å²) in [5, 5.41) is 17.3. The molecule has 2 rings (SSSR count). The Hall–Kier alpha value is -1.18. The van der Waals surface area contributed by atoms with E-state index in [-0.39, 0.29) is 18.3 Å². The molecule has 0 aromatic carbocycles. The van der Waals surface area contributed by atoms with Crippen molar-refractivity contribution in [2.24, 2.45) is 5.41 Å². The Morgan fingerprint density at radius 1 is 0.842 bits per heavy atom. The van der Waals surface area contributed by atoms with Gasteiger partial charge in [0.2, 0.25) is 0 Å². The van der Waals surface area contributed by atoms with E-state index in [1.54, 1.807) is 0 Å². The van der Waals surface area contributed by atoms with E-state index in [1.165, 1.54) is 0 Å². The van der Waals surface area contributed by atoms with Crippen LogP contribution in [0.4, 0.5) is 0 Å². The van der Waals surface area contributed by atoms with E-state index in [1.807, 2.05) is 0 Å². The van der Waals surface area contributed by atoms with Gasteiger partial charge in [0.15, 0.2) is 12.6 Å². The summed E-state index contributed by atoms with van der Waals surface area (Å²) in [6.07, 6.45) is 1.23. The molecular weight excluding hydrogens is 248 g/mol. The van der Waals surface area contributed by atoms with E-state index in [0.29, 0.717) is 26.4 Å². The van der Waals surface area contributed by atoms with Crippen molar-refractivity contribution in [3.63, 3.8) is 0 Å². The van der Waals surface area contributed by atoms with Gasteiger partial charge in [-0.15, -0.1) is 0 Å². The number of nitriles is 2. The van der Waals surface area contributed by atoms with Crippen LogP contribution in [-0.2, 0) is 18.9 Å². The molecule has 0 bridgehead atoms. The van der Waals surface area contributed by atoms with Crippen molar-refractivity contribution in [2.45, 2.75) is 38.3 Å². The predicted molar refractivity (Wildman–Crippen MR) is 63.5 cm³/mol. The van der Waals surface area contributed by atoms with Crippen LogP contribution >= 0.6 is 0 Å². The number of nitrogens with zero attached hydrogens (tertiary/aromatic N) is 2. The SMILES string of the molecule is N#CCC1OCCC2(CCOC(CC#N)OC2)CO1. The molecule has 0 N–H and O–H groups in total. The van der Waals surface area contributed by atoms with E-state index in [0.717, 1.165) is 12.8 Å².